The zero-order valence-electron chi connectivity index (χ0n) is 22.7. The average Bonchev–Trinajstić information content (AvgIpc) is 2.94. The van der Waals surface area contributed by atoms with Gasteiger partial charge in [0.05, 0.1) is 0 Å². The fourth-order valence-corrected chi connectivity index (χ4v) is 3.32. The number of hydrogen-bond donors (Lipinski definition) is 0. The van der Waals surface area contributed by atoms with Crippen LogP contribution < -0.4 is 0 Å². The molecule has 0 spiro atoms. The Morgan fingerprint density at radius 3 is 2.00 bits per heavy atom. The van der Waals surface area contributed by atoms with Crippen LogP contribution in [0.3, 0.4) is 0 Å². The molecule has 0 aliphatic carbocycles. The zero-order chi connectivity index (χ0) is 26.3. The van der Waals surface area contributed by atoms with E-state index in [0.29, 0.717) is 0 Å². The molecule has 0 saturated carbocycles. The van der Waals surface area contributed by atoms with Crippen LogP contribution in [0.1, 0.15) is 35.0 Å². The average molecular weight is 623 g/mol. The second-order valence-corrected chi connectivity index (χ2v) is 7.41. The Morgan fingerprint density at radius 1 is 0.735 bits per heavy atom. The molecule has 34 heavy (non-hydrogen) atoms. The van der Waals surface area contributed by atoms with E-state index in [9.17, 15) is 0 Å². The molecule has 1 unspecified atom stereocenters. The first-order valence-corrected chi connectivity index (χ1v) is 10.7. The van der Waals surface area contributed by atoms with Gasteiger partial charge in [-0.2, -0.15) is 0 Å². The molecule has 0 fully saturated rings. The van der Waals surface area contributed by atoms with E-state index in [2.05, 4.69) is 22.1 Å². The third kappa shape index (κ3) is 6.81. The van der Waals surface area contributed by atoms with Crippen LogP contribution in [0.2, 0.25) is 0 Å². The van der Waals surface area contributed by atoms with Gasteiger partial charge in [0.1, 0.15) is 0 Å². The fourth-order valence-electron chi connectivity index (χ4n) is 3.32. The Morgan fingerprint density at radius 2 is 1.41 bits per heavy atom. The van der Waals surface area contributed by atoms with E-state index in [1.165, 1.54) is 6.20 Å². The summed E-state index contributed by atoms with van der Waals surface area (Å²) in [5.41, 5.74) is 5.54. The largest absolute Gasteiger partial charge is 0.305 e. The van der Waals surface area contributed by atoms with Crippen molar-refractivity contribution in [3.63, 3.8) is 0 Å². The summed E-state index contributed by atoms with van der Waals surface area (Å²) in [4.78, 5) is 8.53. The van der Waals surface area contributed by atoms with Crippen molar-refractivity contribution < 1.29 is 25.6 Å². The van der Waals surface area contributed by atoms with E-state index in [-0.39, 0.29) is 25.7 Å². The maximum atomic E-state index is 8.73. The minimum Gasteiger partial charge on any atom is -0.305 e. The molecule has 2 nitrogen and oxygen atoms in total. The Bertz CT molecular complexity index is 1410. The van der Waals surface area contributed by atoms with Gasteiger partial charge in [-0.05, 0) is 41.0 Å². The Balaban J connectivity index is 0.000000213. The van der Waals surface area contributed by atoms with Crippen molar-refractivity contribution in [1.29, 1.82) is 0 Å². The zero-order valence-corrected chi connectivity index (χ0v) is 21.1. The van der Waals surface area contributed by atoms with Gasteiger partial charge in [-0.25, -0.2) is 0 Å². The van der Waals surface area contributed by atoms with Gasteiger partial charge in [0, 0.05) is 43.9 Å². The van der Waals surface area contributed by atoms with Gasteiger partial charge in [0.25, 0.3) is 0 Å². The van der Waals surface area contributed by atoms with Crippen molar-refractivity contribution in [2.45, 2.75) is 19.7 Å². The summed E-state index contributed by atoms with van der Waals surface area (Å²) in [7, 11) is 0. The Kier molecular flexibility index (Phi) is 7.50. The maximum Gasteiger partial charge on any atom is 0.0399 e. The number of benzene rings is 3. The van der Waals surface area contributed by atoms with E-state index in [1.54, 1.807) is 24.4 Å². The molecular weight excluding hydrogens is 593 g/mol. The number of hydrogen-bond acceptors (Lipinski definition) is 2. The van der Waals surface area contributed by atoms with Gasteiger partial charge in [-0.3, -0.25) is 0 Å². The SMILES string of the molecule is [2H]C(C)(c1ccccc1)c1ccnc(-c2[c-]cccc2)c1.[2H]C([2H])([2H])c1ccc(-c2[c-]cccc2)nc1.[Ir]. The third-order valence-corrected chi connectivity index (χ3v) is 5.13. The quantitative estimate of drug-likeness (QED) is 0.194. The minimum absolute atomic E-state index is 0. The first-order chi connectivity index (χ1) is 17.7. The number of aromatic nitrogens is 2. The number of rotatable bonds is 4. The predicted molar refractivity (Wildman–Crippen MR) is 136 cm³/mol. The number of aryl methyl sites for hydroxylation is 1. The van der Waals surface area contributed by atoms with Crippen LogP contribution in [0, 0.1) is 19.0 Å². The van der Waals surface area contributed by atoms with Crippen molar-refractivity contribution >= 4 is 0 Å². The van der Waals surface area contributed by atoms with Crippen LogP contribution in [-0.2, 0) is 20.1 Å². The molecule has 0 aliphatic rings. The smallest absolute Gasteiger partial charge is 0.0399 e. The Labute approximate surface area is 221 Å². The summed E-state index contributed by atoms with van der Waals surface area (Å²) in [5.74, 6) is -0.798. The van der Waals surface area contributed by atoms with Crippen molar-refractivity contribution in [2.75, 3.05) is 0 Å². The first kappa shape index (κ1) is 20.0. The van der Waals surface area contributed by atoms with E-state index < -0.39 is 12.7 Å². The number of pyridine rings is 2. The van der Waals surface area contributed by atoms with E-state index in [0.717, 1.165) is 33.6 Å². The summed E-state index contributed by atoms with van der Waals surface area (Å²) in [6, 6.07) is 38.5. The standard InChI is InChI=1S/C19H16N.C12H10N.Ir/c1-15(16-8-4-2-5-9-16)18-12-13-20-19(14-18)17-10-6-3-7-11-17;1-10-7-8-12(13-9-10)11-5-3-2-4-6-11;/h2-10,12-15H,1H3;2-5,7-9H,1H3;/q2*-1;/i15D;1D3;. The molecule has 1 radical (unpaired) electrons. The van der Waals surface area contributed by atoms with Crippen LogP contribution in [0.4, 0.5) is 0 Å². The molecule has 0 saturated heterocycles. The predicted octanol–water partition coefficient (Wildman–Crippen LogP) is 7.56. The molecule has 171 valence electrons. The summed E-state index contributed by atoms with van der Waals surface area (Å²) in [6.45, 7) is -0.178. The van der Waals surface area contributed by atoms with Crippen molar-refractivity contribution in [3.8, 4) is 22.5 Å². The van der Waals surface area contributed by atoms with E-state index in [1.807, 2.05) is 91.9 Å². The van der Waals surface area contributed by atoms with Crippen LogP contribution in [0.5, 0.6) is 0 Å². The first-order valence-electron chi connectivity index (χ1n) is 12.7. The molecule has 0 amide bonds. The second kappa shape index (κ2) is 12.7. The van der Waals surface area contributed by atoms with Crippen molar-refractivity contribution in [2.24, 2.45) is 0 Å². The van der Waals surface area contributed by atoms with Crippen LogP contribution >= 0.6 is 0 Å². The molecule has 2 heterocycles. The fraction of sp³-hybridized carbons (Fsp3) is 0.0968. The molecule has 3 heteroatoms. The molecule has 3 aromatic carbocycles. The van der Waals surface area contributed by atoms with Gasteiger partial charge in [0.2, 0.25) is 0 Å². The van der Waals surface area contributed by atoms with Crippen LogP contribution in [0.15, 0.2) is 116 Å². The summed E-state index contributed by atoms with van der Waals surface area (Å²) >= 11 is 0. The molecule has 2 aromatic heterocycles. The van der Waals surface area contributed by atoms with Gasteiger partial charge in [0.15, 0.2) is 0 Å². The summed E-state index contributed by atoms with van der Waals surface area (Å²) in [6.07, 6.45) is 3.16. The van der Waals surface area contributed by atoms with Crippen LogP contribution in [-0.4, -0.2) is 9.97 Å². The summed E-state index contributed by atoms with van der Waals surface area (Å²) in [5, 5.41) is 0. The van der Waals surface area contributed by atoms with E-state index in [4.69, 9.17) is 5.48 Å². The normalized spacial score (nSPS) is 13.9. The van der Waals surface area contributed by atoms with Gasteiger partial charge >= 0.3 is 0 Å². The molecule has 5 aromatic rings. The Hall–Kier alpha value is -3.39. The molecular formula is C31H26IrN2-2. The van der Waals surface area contributed by atoms with E-state index >= 15 is 0 Å². The molecule has 0 aliphatic heterocycles. The van der Waals surface area contributed by atoms with Gasteiger partial charge < -0.3 is 9.97 Å². The monoisotopic (exact) mass is 623 g/mol. The van der Waals surface area contributed by atoms with Crippen molar-refractivity contribution in [1.82, 2.24) is 9.97 Å². The number of nitrogens with zero attached hydrogens (tertiary/aromatic N) is 2. The summed E-state index contributed by atoms with van der Waals surface area (Å²) < 4.78 is 30.4. The third-order valence-electron chi connectivity index (χ3n) is 5.13. The maximum absolute atomic E-state index is 8.73. The minimum atomic E-state index is -2.09. The topological polar surface area (TPSA) is 25.8 Å². The second-order valence-electron chi connectivity index (χ2n) is 7.41. The van der Waals surface area contributed by atoms with Crippen molar-refractivity contribution in [3.05, 3.63) is 144 Å². The van der Waals surface area contributed by atoms with Gasteiger partial charge in [-0.15, -0.1) is 71.8 Å². The van der Waals surface area contributed by atoms with Gasteiger partial charge in [-0.1, -0.05) is 55.5 Å². The molecule has 0 N–H and O–H groups in total. The van der Waals surface area contributed by atoms with Crippen LogP contribution in [0.25, 0.3) is 22.5 Å². The molecule has 5 rings (SSSR count). The molecule has 1 atom stereocenters. The molecule has 0 bridgehead atoms.